The molecule has 0 aliphatic carbocycles. The van der Waals surface area contributed by atoms with E-state index in [1.54, 1.807) is 5.43 Å². The Bertz CT molecular complexity index is 69.4. The molecule has 0 fully saturated rings. The standard InChI is InChI=1S/C3H7F3N2/c1-2(8-7)3(4,5)6/h2,8H,7H2,1H3. The number of hydrogen-bond donors (Lipinski definition) is 2. The van der Waals surface area contributed by atoms with Gasteiger partial charge in [0.1, 0.15) is 6.04 Å². The highest BCUT2D eigenvalue weighted by Crippen LogP contribution is 2.18. The molecule has 1 unspecified atom stereocenters. The van der Waals surface area contributed by atoms with E-state index in [0.717, 1.165) is 6.92 Å². The summed E-state index contributed by atoms with van der Waals surface area (Å²) in [6.07, 6.45) is -4.23. The van der Waals surface area contributed by atoms with Gasteiger partial charge in [-0.25, -0.2) is 5.43 Å². The topological polar surface area (TPSA) is 38.0 Å². The van der Waals surface area contributed by atoms with E-state index >= 15 is 0 Å². The van der Waals surface area contributed by atoms with Gasteiger partial charge in [-0.1, -0.05) is 0 Å². The number of hydrazine groups is 1. The average molecular weight is 128 g/mol. The first-order valence-electron chi connectivity index (χ1n) is 2.01. The van der Waals surface area contributed by atoms with Gasteiger partial charge in [0.2, 0.25) is 0 Å². The summed E-state index contributed by atoms with van der Waals surface area (Å²) >= 11 is 0. The van der Waals surface area contributed by atoms with Crippen molar-refractivity contribution in [1.82, 2.24) is 5.43 Å². The van der Waals surface area contributed by atoms with E-state index in [2.05, 4.69) is 5.84 Å². The van der Waals surface area contributed by atoms with Crippen molar-refractivity contribution in [3.05, 3.63) is 0 Å². The van der Waals surface area contributed by atoms with Crippen LogP contribution in [-0.2, 0) is 0 Å². The zero-order chi connectivity index (χ0) is 6.78. The predicted molar refractivity (Wildman–Crippen MR) is 22.8 cm³/mol. The Kier molecular flexibility index (Phi) is 2.24. The largest absolute Gasteiger partial charge is 0.404 e. The van der Waals surface area contributed by atoms with E-state index in [-0.39, 0.29) is 0 Å². The minimum Gasteiger partial charge on any atom is -0.271 e. The third-order valence-electron chi connectivity index (χ3n) is 0.741. The van der Waals surface area contributed by atoms with Crippen molar-refractivity contribution < 1.29 is 13.2 Å². The zero-order valence-electron chi connectivity index (χ0n) is 4.29. The summed E-state index contributed by atoms with van der Waals surface area (Å²) in [6, 6.07) is -1.62. The molecule has 5 heteroatoms. The normalized spacial score (nSPS) is 16.1. The first-order valence-corrected chi connectivity index (χ1v) is 2.01. The second-order valence-electron chi connectivity index (χ2n) is 1.43. The van der Waals surface area contributed by atoms with Crippen LogP contribution in [0.2, 0.25) is 0 Å². The lowest BCUT2D eigenvalue weighted by molar-refractivity contribution is -0.151. The van der Waals surface area contributed by atoms with Crippen molar-refractivity contribution in [3.63, 3.8) is 0 Å². The third kappa shape index (κ3) is 2.13. The molecule has 2 nitrogen and oxygen atoms in total. The van der Waals surface area contributed by atoms with Gasteiger partial charge in [-0.2, -0.15) is 13.2 Å². The maximum Gasteiger partial charge on any atom is 0.404 e. The van der Waals surface area contributed by atoms with Crippen LogP contribution in [0.25, 0.3) is 0 Å². The zero-order valence-corrected chi connectivity index (χ0v) is 4.29. The van der Waals surface area contributed by atoms with Crippen LogP contribution in [-0.4, -0.2) is 12.2 Å². The van der Waals surface area contributed by atoms with Gasteiger partial charge in [0, 0.05) is 0 Å². The Balaban J connectivity index is 3.62. The van der Waals surface area contributed by atoms with E-state index in [4.69, 9.17) is 0 Å². The van der Waals surface area contributed by atoms with Crippen molar-refractivity contribution in [3.8, 4) is 0 Å². The lowest BCUT2D eigenvalue weighted by atomic mass is 10.4. The fourth-order valence-electron chi connectivity index (χ4n) is 0.0945. The number of alkyl halides is 3. The lowest BCUT2D eigenvalue weighted by Crippen LogP contribution is -2.43. The monoisotopic (exact) mass is 128 g/mol. The van der Waals surface area contributed by atoms with E-state index in [1.165, 1.54) is 0 Å². The van der Waals surface area contributed by atoms with E-state index in [9.17, 15) is 13.2 Å². The van der Waals surface area contributed by atoms with Crippen LogP contribution in [0, 0.1) is 0 Å². The Morgan fingerprint density at radius 1 is 1.50 bits per heavy atom. The van der Waals surface area contributed by atoms with Gasteiger partial charge in [0.15, 0.2) is 0 Å². The highest BCUT2D eigenvalue weighted by Gasteiger charge is 2.34. The van der Waals surface area contributed by atoms with Crippen molar-refractivity contribution in [2.75, 3.05) is 0 Å². The predicted octanol–water partition coefficient (Wildman–Crippen LogP) is 0.400. The molecule has 0 saturated carbocycles. The molecule has 0 aromatic rings. The molecule has 0 rings (SSSR count). The van der Waals surface area contributed by atoms with Crippen LogP contribution in [0.3, 0.4) is 0 Å². The van der Waals surface area contributed by atoms with Gasteiger partial charge in [0.05, 0.1) is 0 Å². The summed E-state index contributed by atoms with van der Waals surface area (Å²) < 4.78 is 33.9. The smallest absolute Gasteiger partial charge is 0.271 e. The van der Waals surface area contributed by atoms with Crippen LogP contribution in [0.4, 0.5) is 13.2 Å². The Hall–Kier alpha value is -0.290. The van der Waals surface area contributed by atoms with Crippen LogP contribution >= 0.6 is 0 Å². The Morgan fingerprint density at radius 3 is 1.88 bits per heavy atom. The first kappa shape index (κ1) is 7.71. The number of nitrogens with one attached hydrogen (secondary N) is 1. The molecule has 0 heterocycles. The summed E-state index contributed by atoms with van der Waals surface area (Å²) in [6.45, 7) is 0.944. The molecule has 0 aliphatic rings. The first-order chi connectivity index (χ1) is 3.48. The second-order valence-corrected chi connectivity index (χ2v) is 1.43. The molecule has 0 saturated heterocycles. The van der Waals surface area contributed by atoms with E-state index in [0.29, 0.717) is 0 Å². The van der Waals surface area contributed by atoms with Gasteiger partial charge < -0.3 is 0 Å². The molecular weight excluding hydrogens is 121 g/mol. The SMILES string of the molecule is CC(NN)C(F)(F)F. The van der Waals surface area contributed by atoms with Crippen molar-refractivity contribution in [2.45, 2.75) is 19.1 Å². The van der Waals surface area contributed by atoms with Crippen LogP contribution in [0.5, 0.6) is 0 Å². The third-order valence-corrected chi connectivity index (χ3v) is 0.741. The Labute approximate surface area is 44.8 Å². The van der Waals surface area contributed by atoms with Crippen molar-refractivity contribution in [2.24, 2.45) is 5.84 Å². The molecule has 1 atom stereocenters. The molecule has 50 valence electrons. The number of rotatable bonds is 1. The highest BCUT2D eigenvalue weighted by molar-refractivity contribution is 4.64. The fourth-order valence-corrected chi connectivity index (χ4v) is 0.0945. The molecule has 0 aliphatic heterocycles. The summed E-state index contributed by atoms with van der Waals surface area (Å²) in [7, 11) is 0. The molecule has 0 aromatic carbocycles. The minimum atomic E-state index is -4.23. The van der Waals surface area contributed by atoms with Crippen LogP contribution < -0.4 is 11.3 Å². The summed E-state index contributed by atoms with van der Waals surface area (Å²) in [4.78, 5) is 0. The Morgan fingerprint density at radius 2 is 1.88 bits per heavy atom. The second kappa shape index (κ2) is 2.32. The molecule has 0 spiro atoms. The quantitative estimate of drug-likeness (QED) is 0.396. The summed E-state index contributed by atoms with van der Waals surface area (Å²) in [5.41, 5.74) is 1.58. The van der Waals surface area contributed by atoms with Gasteiger partial charge >= 0.3 is 6.18 Å². The number of halogens is 3. The summed E-state index contributed by atoms with van der Waals surface area (Å²) in [5.74, 6) is 4.49. The van der Waals surface area contributed by atoms with E-state index < -0.39 is 12.2 Å². The average Bonchev–Trinajstić information content (AvgIpc) is 1.62. The van der Waals surface area contributed by atoms with Gasteiger partial charge in [-0.15, -0.1) is 0 Å². The van der Waals surface area contributed by atoms with Gasteiger partial charge in [0.25, 0.3) is 0 Å². The number of hydrogen-bond acceptors (Lipinski definition) is 2. The molecule has 0 aromatic heterocycles. The minimum absolute atomic E-state index is 0.944. The maximum atomic E-state index is 11.3. The molecule has 0 amide bonds. The fraction of sp³-hybridized carbons (Fsp3) is 1.00. The molecule has 0 bridgehead atoms. The molecule has 8 heavy (non-hydrogen) atoms. The summed E-state index contributed by atoms with van der Waals surface area (Å²) in [5, 5.41) is 0. The molecule has 0 radical (unpaired) electrons. The van der Waals surface area contributed by atoms with Gasteiger partial charge in [-0.3, -0.25) is 5.84 Å². The van der Waals surface area contributed by atoms with Crippen LogP contribution in [0.1, 0.15) is 6.92 Å². The van der Waals surface area contributed by atoms with Crippen LogP contribution in [0.15, 0.2) is 0 Å². The van der Waals surface area contributed by atoms with Crippen molar-refractivity contribution >= 4 is 0 Å². The lowest BCUT2D eigenvalue weighted by Gasteiger charge is -2.12. The molecular formula is C3H7F3N2. The van der Waals surface area contributed by atoms with Crippen molar-refractivity contribution in [1.29, 1.82) is 0 Å². The highest BCUT2D eigenvalue weighted by atomic mass is 19.4. The number of nitrogens with two attached hydrogens (primary N) is 1. The van der Waals surface area contributed by atoms with Gasteiger partial charge in [-0.05, 0) is 6.92 Å². The maximum absolute atomic E-state index is 11.3. The van der Waals surface area contributed by atoms with E-state index in [1.807, 2.05) is 0 Å². The molecule has 3 N–H and O–H groups in total.